The molecule has 1 N–H and O–H groups in total. The maximum absolute atomic E-state index is 12.3. The van der Waals surface area contributed by atoms with Gasteiger partial charge in [0.05, 0.1) is 0 Å². The molecule has 0 fully saturated rings. The first-order valence-corrected chi connectivity index (χ1v) is 7.73. The number of halogens is 4. The van der Waals surface area contributed by atoms with Crippen LogP contribution in [0, 0.1) is 0 Å². The van der Waals surface area contributed by atoms with Crippen LogP contribution in [0.3, 0.4) is 0 Å². The zero-order valence-electron chi connectivity index (χ0n) is 13.1. The summed E-state index contributed by atoms with van der Waals surface area (Å²) in [5.41, 5.74) is 0.331. The average Bonchev–Trinajstić information content (AvgIpc) is 2.54. The molecule has 0 aliphatic carbocycles. The lowest BCUT2D eigenvalue weighted by Crippen LogP contribution is -2.32. The van der Waals surface area contributed by atoms with E-state index in [0.717, 1.165) is 12.1 Å². The molecule has 2 rings (SSSR count). The number of hydrogen-bond acceptors (Lipinski definition) is 3. The van der Waals surface area contributed by atoms with E-state index in [9.17, 15) is 18.0 Å². The van der Waals surface area contributed by atoms with Crippen molar-refractivity contribution in [2.45, 2.75) is 25.8 Å². The number of anilines is 1. The molecule has 0 spiro atoms. The highest BCUT2D eigenvalue weighted by molar-refractivity contribution is 6.30. The summed E-state index contributed by atoms with van der Waals surface area (Å²) in [4.78, 5) is 12.3. The zero-order chi connectivity index (χ0) is 18.4. The van der Waals surface area contributed by atoms with E-state index in [4.69, 9.17) is 16.3 Å². The number of carbonyl (C=O) groups is 1. The van der Waals surface area contributed by atoms with E-state index in [1.54, 1.807) is 31.2 Å². The van der Waals surface area contributed by atoms with Gasteiger partial charge in [0.25, 0.3) is 5.91 Å². The number of alkyl halides is 3. The summed E-state index contributed by atoms with van der Waals surface area (Å²) in [6.45, 7) is 1.78. The summed E-state index contributed by atoms with van der Waals surface area (Å²) in [7, 11) is 0. The van der Waals surface area contributed by atoms with Crippen molar-refractivity contribution in [1.82, 2.24) is 0 Å². The summed E-state index contributed by atoms with van der Waals surface area (Å²) < 4.78 is 45.7. The van der Waals surface area contributed by atoms with Gasteiger partial charge in [0, 0.05) is 10.7 Å². The molecule has 0 heterocycles. The largest absolute Gasteiger partial charge is 0.573 e. The van der Waals surface area contributed by atoms with Gasteiger partial charge in [-0.3, -0.25) is 4.79 Å². The molecule has 0 aliphatic rings. The second-order valence-electron chi connectivity index (χ2n) is 5.03. The first-order chi connectivity index (χ1) is 11.8. The van der Waals surface area contributed by atoms with Gasteiger partial charge in [0.2, 0.25) is 0 Å². The van der Waals surface area contributed by atoms with Crippen molar-refractivity contribution in [3.05, 3.63) is 53.6 Å². The van der Waals surface area contributed by atoms with Crippen LogP contribution in [0.5, 0.6) is 11.5 Å². The van der Waals surface area contributed by atoms with Crippen LogP contribution in [0.15, 0.2) is 48.5 Å². The van der Waals surface area contributed by atoms with E-state index in [1.165, 1.54) is 12.1 Å². The standard InChI is InChI=1S/C17H15ClF3NO3/c1-2-15(24-13-7-3-11(18)4-8-13)16(23)22-12-5-9-14(10-6-12)25-17(19,20)21/h3-10,15H,2H2,1H3,(H,22,23). The molecule has 0 radical (unpaired) electrons. The number of ether oxygens (including phenoxy) is 2. The Bertz CT molecular complexity index is 703. The van der Waals surface area contributed by atoms with Crippen LogP contribution in [0.1, 0.15) is 13.3 Å². The van der Waals surface area contributed by atoms with Crippen molar-refractivity contribution in [3.63, 3.8) is 0 Å². The Morgan fingerprint density at radius 2 is 1.64 bits per heavy atom. The third-order valence-corrected chi connectivity index (χ3v) is 3.36. The summed E-state index contributed by atoms with van der Waals surface area (Å²) in [5, 5.41) is 3.14. The van der Waals surface area contributed by atoms with E-state index in [1.807, 2.05) is 0 Å². The van der Waals surface area contributed by atoms with Gasteiger partial charge in [0.15, 0.2) is 6.10 Å². The summed E-state index contributed by atoms with van der Waals surface area (Å²) in [5.74, 6) is -0.294. The fourth-order valence-corrected chi connectivity index (χ4v) is 2.09. The van der Waals surface area contributed by atoms with E-state index in [2.05, 4.69) is 10.1 Å². The second kappa shape index (κ2) is 8.11. The molecule has 8 heteroatoms. The van der Waals surface area contributed by atoms with Crippen LogP contribution < -0.4 is 14.8 Å². The number of amides is 1. The Kier molecular flexibility index (Phi) is 6.14. The van der Waals surface area contributed by atoms with Gasteiger partial charge in [-0.05, 0) is 55.0 Å². The molecule has 0 aliphatic heterocycles. The van der Waals surface area contributed by atoms with Crippen molar-refractivity contribution in [1.29, 1.82) is 0 Å². The van der Waals surface area contributed by atoms with Gasteiger partial charge in [-0.25, -0.2) is 0 Å². The minimum atomic E-state index is -4.76. The molecule has 0 bridgehead atoms. The van der Waals surface area contributed by atoms with Crippen LogP contribution in [0.4, 0.5) is 18.9 Å². The average molecular weight is 374 g/mol. The number of benzene rings is 2. The third kappa shape index (κ3) is 6.19. The SMILES string of the molecule is CCC(Oc1ccc(Cl)cc1)C(=O)Nc1ccc(OC(F)(F)F)cc1. The van der Waals surface area contributed by atoms with Crippen molar-refractivity contribution in [2.24, 2.45) is 0 Å². The van der Waals surface area contributed by atoms with Gasteiger partial charge in [-0.1, -0.05) is 18.5 Å². The minimum Gasteiger partial charge on any atom is -0.481 e. The third-order valence-electron chi connectivity index (χ3n) is 3.11. The van der Waals surface area contributed by atoms with Crippen molar-refractivity contribution in [3.8, 4) is 11.5 Å². The van der Waals surface area contributed by atoms with E-state index in [-0.39, 0.29) is 5.75 Å². The summed E-state index contributed by atoms with van der Waals surface area (Å²) >= 11 is 5.79. The maximum Gasteiger partial charge on any atom is 0.573 e. The molecule has 0 aromatic heterocycles. The number of carbonyl (C=O) groups excluding carboxylic acids is 1. The molecule has 1 unspecified atom stereocenters. The molecule has 1 amide bonds. The monoisotopic (exact) mass is 373 g/mol. The highest BCUT2D eigenvalue weighted by Crippen LogP contribution is 2.24. The van der Waals surface area contributed by atoms with Crippen molar-refractivity contribution in [2.75, 3.05) is 5.32 Å². The Morgan fingerprint density at radius 3 is 2.16 bits per heavy atom. The van der Waals surface area contributed by atoms with Gasteiger partial charge in [-0.2, -0.15) is 0 Å². The van der Waals surface area contributed by atoms with E-state index in [0.29, 0.717) is 22.9 Å². The van der Waals surface area contributed by atoms with Crippen LogP contribution in [0.2, 0.25) is 5.02 Å². The maximum atomic E-state index is 12.3. The first kappa shape index (κ1) is 18.9. The van der Waals surface area contributed by atoms with E-state index < -0.39 is 18.4 Å². The quantitative estimate of drug-likeness (QED) is 0.772. The van der Waals surface area contributed by atoms with Crippen molar-refractivity contribution < 1.29 is 27.4 Å². The van der Waals surface area contributed by atoms with Crippen LogP contribution in [-0.4, -0.2) is 18.4 Å². The summed E-state index contributed by atoms with van der Waals surface area (Å²) in [6.07, 6.45) is -5.11. The second-order valence-corrected chi connectivity index (χ2v) is 5.47. The zero-order valence-corrected chi connectivity index (χ0v) is 13.9. The Morgan fingerprint density at radius 1 is 1.08 bits per heavy atom. The number of nitrogens with one attached hydrogen (secondary N) is 1. The highest BCUT2D eigenvalue weighted by Gasteiger charge is 2.31. The summed E-state index contributed by atoms with van der Waals surface area (Å²) in [6, 6.07) is 11.4. The number of rotatable bonds is 6. The van der Waals surface area contributed by atoms with Gasteiger partial charge in [0.1, 0.15) is 11.5 Å². The first-order valence-electron chi connectivity index (χ1n) is 7.35. The van der Waals surface area contributed by atoms with Gasteiger partial charge >= 0.3 is 6.36 Å². The molecule has 134 valence electrons. The number of hydrogen-bond donors (Lipinski definition) is 1. The molecule has 2 aromatic rings. The van der Waals surface area contributed by atoms with Crippen LogP contribution >= 0.6 is 11.6 Å². The fraction of sp³-hybridized carbons (Fsp3) is 0.235. The smallest absolute Gasteiger partial charge is 0.481 e. The Balaban J connectivity index is 1.97. The molecule has 25 heavy (non-hydrogen) atoms. The van der Waals surface area contributed by atoms with Crippen LogP contribution in [0.25, 0.3) is 0 Å². The molecule has 0 saturated heterocycles. The molecule has 2 aromatic carbocycles. The molecule has 0 saturated carbocycles. The van der Waals surface area contributed by atoms with E-state index >= 15 is 0 Å². The van der Waals surface area contributed by atoms with Crippen molar-refractivity contribution >= 4 is 23.2 Å². The molecule has 4 nitrogen and oxygen atoms in total. The Labute approximate surface area is 147 Å². The predicted molar refractivity (Wildman–Crippen MR) is 87.9 cm³/mol. The lowest BCUT2D eigenvalue weighted by Gasteiger charge is -2.17. The highest BCUT2D eigenvalue weighted by atomic mass is 35.5. The topological polar surface area (TPSA) is 47.6 Å². The molecular weight excluding hydrogens is 359 g/mol. The predicted octanol–water partition coefficient (Wildman–Crippen LogP) is 5.03. The van der Waals surface area contributed by atoms with Gasteiger partial charge in [-0.15, -0.1) is 13.2 Å². The molecular formula is C17H15ClF3NO3. The van der Waals surface area contributed by atoms with Gasteiger partial charge < -0.3 is 14.8 Å². The minimum absolute atomic E-state index is 0.331. The fourth-order valence-electron chi connectivity index (χ4n) is 1.96. The Hall–Kier alpha value is -2.41. The lowest BCUT2D eigenvalue weighted by atomic mass is 10.2. The normalized spacial score (nSPS) is 12.4. The van der Waals surface area contributed by atoms with Crippen LogP contribution in [-0.2, 0) is 4.79 Å². The lowest BCUT2D eigenvalue weighted by molar-refractivity contribution is -0.274. The molecule has 1 atom stereocenters.